The number of urea groups is 1. The van der Waals surface area contributed by atoms with Crippen molar-refractivity contribution in [3.05, 3.63) is 12.7 Å². The van der Waals surface area contributed by atoms with Crippen molar-refractivity contribution in [1.82, 2.24) is 0 Å². The van der Waals surface area contributed by atoms with Gasteiger partial charge in [-0.1, -0.05) is 12.7 Å². The number of quaternary nitrogens is 1. The van der Waals surface area contributed by atoms with Crippen molar-refractivity contribution in [2.45, 2.75) is 6.42 Å². The van der Waals surface area contributed by atoms with Crippen LogP contribution in [0.2, 0.25) is 0 Å². The van der Waals surface area contributed by atoms with E-state index in [0.29, 0.717) is 0 Å². The van der Waals surface area contributed by atoms with Gasteiger partial charge in [0.25, 0.3) is 0 Å². The average Bonchev–Trinajstić information content (AvgIpc) is 2.21. The third-order valence-electron chi connectivity index (χ3n) is 1.88. The van der Waals surface area contributed by atoms with Crippen LogP contribution in [0, 0.1) is 11.3 Å². The van der Waals surface area contributed by atoms with Gasteiger partial charge in [0.2, 0.25) is 0 Å². The molecule has 82 valence electrons. The van der Waals surface area contributed by atoms with Crippen LogP contribution >= 0.6 is 0 Å². The Balaban J connectivity index is 4.63. The first-order chi connectivity index (χ1) is 6.99. The fraction of sp³-hybridized carbons (Fsp3) is 0.444. The largest absolute Gasteiger partial charge is 0.525 e. The molecule has 0 saturated heterocycles. The van der Waals surface area contributed by atoms with Crippen LogP contribution in [0.4, 0.5) is 9.59 Å². The number of nitrogens with two attached hydrogens (primary N) is 1. The topological polar surface area (TPSA) is 93.2 Å². The number of primary amides is 1. The summed E-state index contributed by atoms with van der Waals surface area (Å²) in [6.45, 7) is 3.38. The highest BCUT2D eigenvalue weighted by Crippen LogP contribution is 2.07. The van der Waals surface area contributed by atoms with Gasteiger partial charge in [0.05, 0.1) is 19.5 Å². The molecular formula is C9H14N3O3+. The highest BCUT2D eigenvalue weighted by molar-refractivity contribution is 5.78. The van der Waals surface area contributed by atoms with Crippen LogP contribution in [0.3, 0.4) is 0 Å². The van der Waals surface area contributed by atoms with Gasteiger partial charge < -0.3 is 10.5 Å². The number of nitriles is 1. The minimum atomic E-state index is -0.848. The fourth-order valence-electron chi connectivity index (χ4n) is 0.838. The van der Waals surface area contributed by atoms with E-state index in [1.165, 1.54) is 13.1 Å². The van der Waals surface area contributed by atoms with Crippen LogP contribution in [0.25, 0.3) is 0 Å². The molecule has 6 heteroatoms. The monoisotopic (exact) mass is 212 g/mol. The zero-order valence-corrected chi connectivity index (χ0v) is 8.60. The molecule has 0 bridgehead atoms. The van der Waals surface area contributed by atoms with Crippen molar-refractivity contribution in [3.8, 4) is 6.07 Å². The predicted octanol–water partition coefficient (Wildman–Crippen LogP) is 0.748. The molecule has 0 heterocycles. The Kier molecular flexibility index (Phi) is 5.06. The molecule has 0 spiro atoms. The third-order valence-corrected chi connectivity index (χ3v) is 1.88. The van der Waals surface area contributed by atoms with Crippen molar-refractivity contribution in [2.75, 3.05) is 20.2 Å². The van der Waals surface area contributed by atoms with Crippen molar-refractivity contribution < 1.29 is 18.8 Å². The van der Waals surface area contributed by atoms with Gasteiger partial charge in [-0.05, 0) is 0 Å². The molecule has 0 aromatic rings. The first kappa shape index (κ1) is 13.1. The van der Waals surface area contributed by atoms with Crippen LogP contribution in [-0.4, -0.2) is 36.8 Å². The molecule has 0 aliphatic heterocycles. The maximum atomic E-state index is 11.5. The quantitative estimate of drug-likeness (QED) is 0.549. The molecule has 3 amide bonds. The van der Waals surface area contributed by atoms with E-state index >= 15 is 0 Å². The van der Waals surface area contributed by atoms with E-state index in [1.807, 2.05) is 6.07 Å². The molecule has 0 aromatic heterocycles. The Labute approximate surface area is 88.1 Å². The zero-order valence-electron chi connectivity index (χ0n) is 8.60. The molecule has 0 aliphatic carbocycles. The molecule has 0 rings (SSSR count). The van der Waals surface area contributed by atoms with Gasteiger partial charge in [0.15, 0.2) is 0 Å². The molecule has 6 nitrogen and oxygen atoms in total. The van der Waals surface area contributed by atoms with Gasteiger partial charge in [0, 0.05) is 0 Å². The molecular weight excluding hydrogens is 198 g/mol. The summed E-state index contributed by atoms with van der Waals surface area (Å²) in [5.41, 5.74) is 5.08. The lowest BCUT2D eigenvalue weighted by atomic mass is 10.4. The van der Waals surface area contributed by atoms with Crippen LogP contribution in [0.5, 0.6) is 0 Å². The van der Waals surface area contributed by atoms with Gasteiger partial charge in [-0.2, -0.15) is 10.1 Å². The molecule has 15 heavy (non-hydrogen) atoms. The minimum Gasteiger partial charge on any atom is -0.415 e. The molecule has 1 unspecified atom stereocenters. The Bertz CT molecular complexity index is 308. The van der Waals surface area contributed by atoms with E-state index in [2.05, 4.69) is 6.58 Å². The Morgan fingerprint density at radius 1 is 1.67 bits per heavy atom. The van der Waals surface area contributed by atoms with Crippen LogP contribution in [0.1, 0.15) is 6.42 Å². The standard InChI is InChI=1S/C9H13N3O3/c1-3-7-15-9(14)12(2,8(11)13)6-4-5-10/h3H,1,4,6-7H2,2H3,(H-,11,13)/p+1. The van der Waals surface area contributed by atoms with Gasteiger partial charge in [-0.15, -0.1) is 4.48 Å². The maximum absolute atomic E-state index is 11.5. The molecule has 2 N–H and O–H groups in total. The van der Waals surface area contributed by atoms with E-state index in [4.69, 9.17) is 15.7 Å². The van der Waals surface area contributed by atoms with Gasteiger partial charge in [-0.25, -0.2) is 4.79 Å². The SMILES string of the molecule is C=CCOC(=O)[N+](C)(CCC#N)C(N)=O. The molecule has 0 aliphatic rings. The lowest BCUT2D eigenvalue weighted by Gasteiger charge is -2.23. The summed E-state index contributed by atoms with van der Waals surface area (Å²) in [4.78, 5) is 22.6. The van der Waals surface area contributed by atoms with Gasteiger partial charge >= 0.3 is 12.1 Å². The van der Waals surface area contributed by atoms with E-state index in [9.17, 15) is 9.59 Å². The van der Waals surface area contributed by atoms with E-state index in [-0.39, 0.29) is 19.6 Å². The summed E-state index contributed by atoms with van der Waals surface area (Å²) in [6, 6.07) is 0.990. The molecule has 0 fully saturated rings. The van der Waals surface area contributed by atoms with E-state index in [1.54, 1.807) is 0 Å². The lowest BCUT2D eigenvalue weighted by Crippen LogP contribution is -2.57. The Hall–Kier alpha value is -1.87. The zero-order chi connectivity index (χ0) is 11.9. The summed E-state index contributed by atoms with van der Waals surface area (Å²) in [5, 5.41) is 8.39. The Morgan fingerprint density at radius 2 is 2.27 bits per heavy atom. The second-order valence-electron chi connectivity index (χ2n) is 3.03. The van der Waals surface area contributed by atoms with Crippen molar-refractivity contribution in [3.63, 3.8) is 0 Å². The van der Waals surface area contributed by atoms with Crippen molar-refractivity contribution in [1.29, 1.82) is 5.26 Å². The highest BCUT2D eigenvalue weighted by Gasteiger charge is 2.40. The molecule has 0 saturated carbocycles. The summed E-state index contributed by atoms with van der Waals surface area (Å²) >= 11 is 0. The maximum Gasteiger partial charge on any atom is 0.525 e. The van der Waals surface area contributed by atoms with E-state index in [0.717, 1.165) is 0 Å². The third kappa shape index (κ3) is 3.40. The summed E-state index contributed by atoms with van der Waals surface area (Å²) in [7, 11) is 1.31. The number of carbonyl (C=O) groups excluding carboxylic acids is 2. The van der Waals surface area contributed by atoms with E-state index < -0.39 is 16.6 Å². The second kappa shape index (κ2) is 5.78. The first-order valence-electron chi connectivity index (χ1n) is 4.29. The first-order valence-corrected chi connectivity index (χ1v) is 4.29. The van der Waals surface area contributed by atoms with Crippen molar-refractivity contribution >= 4 is 12.1 Å². The van der Waals surface area contributed by atoms with Crippen LogP contribution in [0.15, 0.2) is 12.7 Å². The van der Waals surface area contributed by atoms with Crippen molar-refractivity contribution in [2.24, 2.45) is 5.73 Å². The number of imide groups is 1. The fourth-order valence-corrected chi connectivity index (χ4v) is 0.838. The number of ether oxygens (including phenoxy) is 1. The number of nitrogens with zero attached hydrogens (tertiary/aromatic N) is 2. The number of amides is 3. The number of carbonyl (C=O) groups is 2. The number of hydrogen-bond donors (Lipinski definition) is 1. The van der Waals surface area contributed by atoms with Crippen LogP contribution in [-0.2, 0) is 4.74 Å². The minimum absolute atomic E-state index is 0.00180. The van der Waals surface area contributed by atoms with Gasteiger partial charge in [0.1, 0.15) is 13.2 Å². The second-order valence-corrected chi connectivity index (χ2v) is 3.03. The smallest absolute Gasteiger partial charge is 0.415 e. The summed E-state index contributed by atoms with van der Waals surface area (Å²) in [6.07, 6.45) is 0.647. The van der Waals surface area contributed by atoms with Crippen LogP contribution < -0.4 is 5.73 Å². The summed E-state index contributed by atoms with van der Waals surface area (Å²) in [5.74, 6) is 0. The van der Waals surface area contributed by atoms with Gasteiger partial charge in [-0.3, -0.25) is 0 Å². The average molecular weight is 212 g/mol. The predicted molar refractivity (Wildman–Crippen MR) is 52.4 cm³/mol. The lowest BCUT2D eigenvalue weighted by molar-refractivity contribution is -0.753. The molecule has 0 radical (unpaired) electrons. The molecule has 1 atom stereocenters. The highest BCUT2D eigenvalue weighted by atomic mass is 16.6. The Morgan fingerprint density at radius 3 is 2.67 bits per heavy atom. The summed E-state index contributed by atoms with van der Waals surface area (Å²) < 4.78 is 3.98. The number of hydrogen-bond acceptors (Lipinski definition) is 4. The number of rotatable bonds is 4. The molecule has 0 aromatic carbocycles. The normalized spacial score (nSPS) is 13.3.